The van der Waals surface area contributed by atoms with Gasteiger partial charge in [-0.2, -0.15) is 13.2 Å². The Balaban J connectivity index is 2.52. The zero-order valence-corrected chi connectivity index (χ0v) is 13.6. The van der Waals surface area contributed by atoms with E-state index in [2.05, 4.69) is 9.97 Å². The summed E-state index contributed by atoms with van der Waals surface area (Å²) >= 11 is 0. The number of oxazole rings is 1. The molecule has 0 fully saturated rings. The molecule has 0 aliphatic heterocycles. The van der Waals surface area contributed by atoms with E-state index in [1.807, 2.05) is 6.92 Å². The summed E-state index contributed by atoms with van der Waals surface area (Å²) in [5.41, 5.74) is -0.159. The second-order valence-corrected chi connectivity index (χ2v) is 7.09. The van der Waals surface area contributed by atoms with E-state index < -0.39 is 21.6 Å². The first kappa shape index (κ1) is 17.5. The van der Waals surface area contributed by atoms with Crippen LogP contribution in [0.1, 0.15) is 36.6 Å². The molecular weight excluding hydrogens is 331 g/mol. The van der Waals surface area contributed by atoms with Gasteiger partial charge in [0.25, 0.3) is 5.22 Å². The minimum absolute atomic E-state index is 0.135. The summed E-state index contributed by atoms with van der Waals surface area (Å²) in [5, 5.41) is 5.72. The number of hydrogen-bond donors (Lipinski definition) is 1. The fourth-order valence-electron chi connectivity index (χ4n) is 1.94. The van der Waals surface area contributed by atoms with Gasteiger partial charge in [0, 0.05) is 16.6 Å². The molecule has 1 unspecified atom stereocenters. The molecule has 9 heteroatoms. The third-order valence-electron chi connectivity index (χ3n) is 3.38. The summed E-state index contributed by atoms with van der Waals surface area (Å²) in [5.74, 6) is 0.513. The van der Waals surface area contributed by atoms with E-state index in [0.29, 0.717) is 17.9 Å². The van der Waals surface area contributed by atoms with Crippen molar-refractivity contribution >= 4 is 14.6 Å². The molecule has 2 rings (SSSR count). The number of hydrogen-bond acceptors (Lipinski definition) is 4. The van der Waals surface area contributed by atoms with Crippen molar-refractivity contribution in [1.29, 1.82) is 0 Å². The van der Waals surface area contributed by atoms with Crippen LogP contribution in [0.4, 0.5) is 13.2 Å². The third-order valence-corrected chi connectivity index (χ3v) is 5.22. The number of pyridine rings is 1. The fourth-order valence-corrected chi connectivity index (χ4v) is 3.16. The lowest BCUT2D eigenvalue weighted by atomic mass is 10.2. The first-order chi connectivity index (χ1) is 10.6. The standard InChI is InChI=1S/C14H16F3N3O2S/c1-4-11-8(2)22-13(20-11)23(18,21)9(3)10-5-6-12(19-7-10)14(15,16)17/h5-7H,4H2,1-3H3,(H2,18,21). The van der Waals surface area contributed by atoms with E-state index in [0.717, 1.165) is 12.3 Å². The van der Waals surface area contributed by atoms with E-state index in [4.69, 9.17) is 9.56 Å². The second kappa shape index (κ2) is 5.97. The van der Waals surface area contributed by atoms with Crippen LogP contribution in [0.5, 0.6) is 0 Å². The van der Waals surface area contributed by atoms with Gasteiger partial charge in [-0.05, 0) is 26.3 Å². The minimum atomic E-state index is -4.54. The Morgan fingerprint density at radius 2 is 2.04 bits per heavy atom. The smallest absolute Gasteiger partial charge is 0.433 e. The molecule has 0 saturated carbocycles. The van der Waals surface area contributed by atoms with Crippen LogP contribution in [0.25, 0.3) is 0 Å². The van der Waals surface area contributed by atoms with Gasteiger partial charge in [-0.15, -0.1) is 0 Å². The van der Waals surface area contributed by atoms with E-state index in [1.54, 1.807) is 6.92 Å². The Kier molecular flexibility index (Phi) is 4.54. The lowest BCUT2D eigenvalue weighted by Crippen LogP contribution is -2.23. The summed E-state index contributed by atoms with van der Waals surface area (Å²) in [4.78, 5) is 7.61. The molecule has 0 bridgehead atoms. The Hall–Kier alpha value is -1.87. The first-order valence-corrected chi connectivity index (χ1v) is 8.35. The van der Waals surface area contributed by atoms with Crippen molar-refractivity contribution < 1.29 is 21.8 Å². The molecule has 0 saturated heterocycles. The maximum Gasteiger partial charge on any atom is 0.433 e. The van der Waals surface area contributed by atoms with E-state index >= 15 is 0 Å². The monoisotopic (exact) mass is 347 g/mol. The van der Waals surface area contributed by atoms with E-state index in [9.17, 15) is 17.4 Å². The van der Waals surface area contributed by atoms with Crippen molar-refractivity contribution in [2.45, 2.75) is 38.6 Å². The Morgan fingerprint density at radius 1 is 1.39 bits per heavy atom. The topological polar surface area (TPSA) is 82.0 Å². The Morgan fingerprint density at radius 3 is 2.48 bits per heavy atom. The molecule has 2 aromatic heterocycles. The van der Waals surface area contributed by atoms with E-state index in [1.165, 1.54) is 13.0 Å². The van der Waals surface area contributed by atoms with Crippen LogP contribution in [-0.4, -0.2) is 19.0 Å². The quantitative estimate of drug-likeness (QED) is 0.684. The zero-order valence-electron chi connectivity index (χ0n) is 12.8. The van der Waals surface area contributed by atoms with Crippen molar-refractivity contribution in [3.05, 3.63) is 41.0 Å². The van der Waals surface area contributed by atoms with Crippen LogP contribution in [0.2, 0.25) is 0 Å². The second-order valence-electron chi connectivity index (χ2n) is 4.92. The molecule has 2 heterocycles. The van der Waals surface area contributed by atoms with Crippen molar-refractivity contribution in [1.82, 2.24) is 9.97 Å². The number of nitrogens with zero attached hydrogens (tertiary/aromatic N) is 2. The molecule has 0 radical (unpaired) electrons. The minimum Gasteiger partial charge on any atom is -0.434 e. The summed E-state index contributed by atoms with van der Waals surface area (Å²) in [6.07, 6.45) is -2.96. The molecule has 1 atom stereocenters. The van der Waals surface area contributed by atoms with Crippen LogP contribution in [0, 0.1) is 6.92 Å². The highest BCUT2D eigenvalue weighted by atomic mass is 32.2. The van der Waals surface area contributed by atoms with Gasteiger partial charge in [0.1, 0.15) is 21.2 Å². The largest absolute Gasteiger partial charge is 0.434 e. The van der Waals surface area contributed by atoms with Gasteiger partial charge in [0.15, 0.2) is 0 Å². The average molecular weight is 347 g/mol. The van der Waals surface area contributed by atoms with Crippen molar-refractivity contribution in [3.63, 3.8) is 0 Å². The predicted molar refractivity (Wildman–Crippen MR) is 80.2 cm³/mol. The number of halogens is 3. The SMILES string of the molecule is CCc1nc(S(N)(=O)=C(C)c2ccc(C(F)(F)F)nc2)oc1C. The molecule has 2 N–H and O–H groups in total. The van der Waals surface area contributed by atoms with Gasteiger partial charge < -0.3 is 4.42 Å². The molecule has 0 aromatic carbocycles. The third kappa shape index (κ3) is 3.40. The summed E-state index contributed by atoms with van der Waals surface area (Å²) in [7, 11) is -3.28. The Bertz CT molecular complexity index is 832. The fraction of sp³-hybridized carbons (Fsp3) is 0.357. The predicted octanol–water partition coefficient (Wildman–Crippen LogP) is 2.72. The highest BCUT2D eigenvalue weighted by Gasteiger charge is 2.32. The molecule has 0 aliphatic rings. The van der Waals surface area contributed by atoms with Gasteiger partial charge in [-0.25, -0.2) is 9.19 Å². The Labute approximate surface area is 131 Å². The van der Waals surface area contributed by atoms with Crippen LogP contribution in [0.3, 0.4) is 0 Å². The normalized spacial score (nSPS) is 14.6. The maximum absolute atomic E-state index is 12.8. The molecule has 23 heavy (non-hydrogen) atoms. The molecular formula is C14H16F3N3O2S. The average Bonchev–Trinajstić information content (AvgIpc) is 2.87. The van der Waals surface area contributed by atoms with Crippen molar-refractivity contribution in [2.24, 2.45) is 5.14 Å². The number of nitrogens with two attached hydrogens (primary N) is 1. The van der Waals surface area contributed by atoms with Gasteiger partial charge in [-0.1, -0.05) is 13.0 Å². The highest BCUT2D eigenvalue weighted by Crippen LogP contribution is 2.27. The van der Waals surface area contributed by atoms with Crippen molar-refractivity contribution in [3.8, 4) is 0 Å². The van der Waals surface area contributed by atoms with Crippen molar-refractivity contribution in [2.75, 3.05) is 0 Å². The molecule has 5 nitrogen and oxygen atoms in total. The summed E-state index contributed by atoms with van der Waals surface area (Å²) in [6.45, 7) is 5.00. The molecule has 126 valence electrons. The van der Waals surface area contributed by atoms with Gasteiger partial charge >= 0.3 is 6.18 Å². The number of aryl methyl sites for hydroxylation is 2. The van der Waals surface area contributed by atoms with Crippen LogP contribution in [0.15, 0.2) is 28.0 Å². The van der Waals surface area contributed by atoms with Gasteiger partial charge in [-0.3, -0.25) is 10.1 Å². The highest BCUT2D eigenvalue weighted by molar-refractivity contribution is 8.00. The summed E-state index contributed by atoms with van der Waals surface area (Å²) < 4.78 is 55.7. The van der Waals surface area contributed by atoms with Gasteiger partial charge in [0.2, 0.25) is 0 Å². The molecule has 2 aromatic rings. The van der Waals surface area contributed by atoms with Crippen LogP contribution in [-0.2, 0) is 22.3 Å². The van der Waals surface area contributed by atoms with Crippen LogP contribution >= 0.6 is 0 Å². The van der Waals surface area contributed by atoms with Crippen LogP contribution < -0.4 is 5.14 Å². The van der Waals surface area contributed by atoms with E-state index in [-0.39, 0.29) is 15.7 Å². The zero-order chi connectivity index (χ0) is 17.4. The lowest BCUT2D eigenvalue weighted by molar-refractivity contribution is -0.141. The first-order valence-electron chi connectivity index (χ1n) is 6.72. The number of aromatic nitrogens is 2. The summed E-state index contributed by atoms with van der Waals surface area (Å²) in [6, 6.07) is 1.99. The molecule has 0 aliphatic carbocycles. The number of rotatable bonds is 3. The molecule has 0 spiro atoms. The van der Waals surface area contributed by atoms with Gasteiger partial charge in [0.05, 0.1) is 5.69 Å². The molecule has 0 amide bonds. The lowest BCUT2D eigenvalue weighted by Gasteiger charge is -2.09. The maximum atomic E-state index is 12.8. The number of alkyl halides is 3.